The third kappa shape index (κ3) is 6.09. The predicted octanol–water partition coefficient (Wildman–Crippen LogP) is 2.22. The maximum Gasteiger partial charge on any atom is 0.319 e. The molecule has 0 bridgehead atoms. The molecule has 1 unspecified atom stereocenters. The van der Waals surface area contributed by atoms with Gasteiger partial charge in [-0.1, -0.05) is 12.1 Å². The topological polar surface area (TPSA) is 141 Å². The number of aliphatic carboxylic acids is 1. The summed E-state index contributed by atoms with van der Waals surface area (Å²) in [6.07, 6.45) is 3.67. The van der Waals surface area contributed by atoms with Crippen LogP contribution in [0.25, 0.3) is 0 Å². The molecule has 1 aliphatic heterocycles. The van der Waals surface area contributed by atoms with Gasteiger partial charge in [-0.15, -0.1) is 0 Å². The summed E-state index contributed by atoms with van der Waals surface area (Å²) >= 11 is 0. The van der Waals surface area contributed by atoms with Gasteiger partial charge in [0.1, 0.15) is 6.42 Å². The first kappa shape index (κ1) is 23.2. The maximum atomic E-state index is 12.9. The second kappa shape index (κ2) is 10.3. The van der Waals surface area contributed by atoms with Gasteiger partial charge in [-0.05, 0) is 55.0 Å². The van der Waals surface area contributed by atoms with Gasteiger partial charge in [0.25, 0.3) is 0 Å². The molecule has 0 saturated heterocycles. The number of anilines is 2. The molecule has 1 saturated carbocycles. The Morgan fingerprint density at radius 3 is 2.68 bits per heavy atom. The van der Waals surface area contributed by atoms with Gasteiger partial charge < -0.3 is 26.0 Å². The van der Waals surface area contributed by atoms with Crippen molar-refractivity contribution >= 4 is 35.2 Å². The number of carbonyl (C=O) groups excluding carboxylic acids is 3. The third-order valence-corrected chi connectivity index (χ3v) is 5.86. The summed E-state index contributed by atoms with van der Waals surface area (Å²) in [6, 6.07) is 9.28. The molecule has 0 spiro atoms. The summed E-state index contributed by atoms with van der Waals surface area (Å²) in [5.41, 5.74) is 2.58. The molecule has 10 nitrogen and oxygen atoms in total. The lowest BCUT2D eigenvalue weighted by atomic mass is 10.1. The number of carboxylic acid groups (broad SMARTS) is 1. The second-order valence-corrected chi connectivity index (χ2v) is 8.57. The standard InChI is InChI=1S/C24H27N5O5/c30-21(28-19(12-23(32)33)18-3-1-2-9-25-18)13-22(31)29-10-8-16-6-7-17(11-20(16)29)27-24(34)26-14-15-4-5-15/h1-3,6-7,9,11,15,19H,4-5,8,10,12-14H2,(H,28,30)(H,32,33)(H2,26,27,34). The molecule has 2 heterocycles. The number of carboxylic acids is 1. The lowest BCUT2D eigenvalue weighted by Crippen LogP contribution is -2.37. The number of nitrogens with zero attached hydrogens (tertiary/aromatic N) is 2. The lowest BCUT2D eigenvalue weighted by molar-refractivity contribution is -0.137. The van der Waals surface area contributed by atoms with E-state index in [1.54, 1.807) is 30.3 Å². The Balaban J connectivity index is 1.37. The molecule has 0 radical (unpaired) electrons. The molecular weight excluding hydrogens is 438 g/mol. The van der Waals surface area contributed by atoms with E-state index in [0.717, 1.165) is 18.4 Å². The van der Waals surface area contributed by atoms with E-state index in [0.29, 0.717) is 42.5 Å². The highest BCUT2D eigenvalue weighted by molar-refractivity contribution is 6.06. The number of nitrogens with one attached hydrogen (secondary N) is 3. The van der Waals surface area contributed by atoms with E-state index in [-0.39, 0.29) is 12.5 Å². The fraction of sp³-hybridized carbons (Fsp3) is 0.375. The van der Waals surface area contributed by atoms with Crippen molar-refractivity contribution in [1.82, 2.24) is 15.6 Å². The van der Waals surface area contributed by atoms with Crippen LogP contribution in [-0.4, -0.2) is 47.0 Å². The zero-order chi connectivity index (χ0) is 24.1. The van der Waals surface area contributed by atoms with Crippen molar-refractivity contribution in [2.75, 3.05) is 23.3 Å². The van der Waals surface area contributed by atoms with Crippen LogP contribution in [0.3, 0.4) is 0 Å². The van der Waals surface area contributed by atoms with Crippen LogP contribution in [0, 0.1) is 5.92 Å². The highest BCUT2D eigenvalue weighted by atomic mass is 16.4. The SMILES string of the molecule is O=C(O)CC(NC(=O)CC(=O)N1CCc2ccc(NC(=O)NCC3CC3)cc21)c1ccccn1. The average Bonchev–Trinajstić information content (AvgIpc) is 3.54. The van der Waals surface area contributed by atoms with Crippen LogP contribution in [-0.2, 0) is 20.8 Å². The van der Waals surface area contributed by atoms with Crippen LogP contribution >= 0.6 is 0 Å². The van der Waals surface area contributed by atoms with Crippen molar-refractivity contribution in [3.63, 3.8) is 0 Å². The number of hydrogen-bond acceptors (Lipinski definition) is 5. The zero-order valence-corrected chi connectivity index (χ0v) is 18.6. The Morgan fingerprint density at radius 1 is 1.15 bits per heavy atom. The monoisotopic (exact) mass is 465 g/mol. The number of carbonyl (C=O) groups is 4. The Hall–Kier alpha value is -3.95. The number of rotatable bonds is 9. The van der Waals surface area contributed by atoms with Crippen molar-refractivity contribution in [3.8, 4) is 0 Å². The van der Waals surface area contributed by atoms with E-state index in [4.69, 9.17) is 0 Å². The summed E-state index contributed by atoms with van der Waals surface area (Å²) < 4.78 is 0. The molecule has 34 heavy (non-hydrogen) atoms. The minimum atomic E-state index is -1.09. The van der Waals surface area contributed by atoms with E-state index >= 15 is 0 Å². The van der Waals surface area contributed by atoms with E-state index in [1.165, 1.54) is 11.1 Å². The Morgan fingerprint density at radius 2 is 1.97 bits per heavy atom. The van der Waals surface area contributed by atoms with Gasteiger partial charge in [-0.25, -0.2) is 4.79 Å². The first-order valence-corrected chi connectivity index (χ1v) is 11.3. The smallest absolute Gasteiger partial charge is 0.319 e. The summed E-state index contributed by atoms with van der Waals surface area (Å²) in [5.74, 6) is -1.50. The number of hydrogen-bond donors (Lipinski definition) is 4. The number of aromatic nitrogens is 1. The van der Waals surface area contributed by atoms with Crippen molar-refractivity contribution in [3.05, 3.63) is 53.9 Å². The summed E-state index contributed by atoms with van der Waals surface area (Å²) in [7, 11) is 0. The normalized spacial score (nSPS) is 15.2. The van der Waals surface area contributed by atoms with Crippen molar-refractivity contribution < 1.29 is 24.3 Å². The van der Waals surface area contributed by atoms with Crippen molar-refractivity contribution in [2.45, 2.75) is 38.1 Å². The van der Waals surface area contributed by atoms with Gasteiger partial charge in [0.05, 0.1) is 18.2 Å². The molecule has 4 rings (SSSR count). The molecule has 4 N–H and O–H groups in total. The van der Waals surface area contributed by atoms with Gasteiger partial charge >= 0.3 is 12.0 Å². The maximum absolute atomic E-state index is 12.9. The highest BCUT2D eigenvalue weighted by Gasteiger charge is 2.28. The minimum Gasteiger partial charge on any atom is -0.481 e. The molecule has 1 fully saturated rings. The number of benzene rings is 1. The van der Waals surface area contributed by atoms with Gasteiger partial charge in [-0.2, -0.15) is 0 Å². The Bertz CT molecular complexity index is 1090. The number of amides is 4. The van der Waals surface area contributed by atoms with Crippen molar-refractivity contribution in [1.29, 1.82) is 0 Å². The number of urea groups is 1. The molecule has 2 aliphatic rings. The first-order valence-electron chi connectivity index (χ1n) is 11.3. The van der Waals surface area contributed by atoms with Crippen LogP contribution in [0.5, 0.6) is 0 Å². The molecule has 1 aliphatic carbocycles. The number of pyridine rings is 1. The van der Waals surface area contributed by atoms with Gasteiger partial charge in [0, 0.05) is 30.7 Å². The average molecular weight is 466 g/mol. The van der Waals surface area contributed by atoms with Crippen LogP contribution in [0.2, 0.25) is 0 Å². The zero-order valence-electron chi connectivity index (χ0n) is 18.6. The molecule has 178 valence electrons. The molecule has 2 aromatic rings. The Kier molecular flexibility index (Phi) is 7.05. The van der Waals surface area contributed by atoms with Gasteiger partial charge in [0.15, 0.2) is 0 Å². The minimum absolute atomic E-state index is 0.291. The molecule has 1 atom stereocenters. The predicted molar refractivity (Wildman–Crippen MR) is 124 cm³/mol. The second-order valence-electron chi connectivity index (χ2n) is 8.57. The third-order valence-electron chi connectivity index (χ3n) is 5.86. The summed E-state index contributed by atoms with van der Waals surface area (Å²) in [5, 5.41) is 17.4. The highest BCUT2D eigenvalue weighted by Crippen LogP contribution is 2.31. The van der Waals surface area contributed by atoms with Gasteiger partial charge in [-0.3, -0.25) is 19.4 Å². The van der Waals surface area contributed by atoms with E-state index in [2.05, 4.69) is 20.9 Å². The van der Waals surface area contributed by atoms with Crippen LogP contribution < -0.4 is 20.9 Å². The van der Waals surface area contributed by atoms with Crippen LogP contribution in [0.15, 0.2) is 42.6 Å². The van der Waals surface area contributed by atoms with Crippen molar-refractivity contribution in [2.24, 2.45) is 5.92 Å². The quantitative estimate of drug-likeness (QED) is 0.419. The number of fused-ring (bicyclic) bond motifs is 1. The fourth-order valence-corrected chi connectivity index (χ4v) is 3.91. The van der Waals surface area contributed by atoms with E-state index in [1.807, 2.05) is 6.07 Å². The summed E-state index contributed by atoms with van der Waals surface area (Å²) in [4.78, 5) is 54.5. The largest absolute Gasteiger partial charge is 0.481 e. The van der Waals surface area contributed by atoms with Crippen LogP contribution in [0.1, 0.15) is 43.0 Å². The molecule has 1 aromatic heterocycles. The fourth-order valence-electron chi connectivity index (χ4n) is 3.91. The van der Waals surface area contributed by atoms with E-state index in [9.17, 15) is 24.3 Å². The van der Waals surface area contributed by atoms with E-state index < -0.39 is 30.2 Å². The van der Waals surface area contributed by atoms with Crippen LogP contribution in [0.4, 0.5) is 16.2 Å². The molecular formula is C24H27N5O5. The lowest BCUT2D eigenvalue weighted by Gasteiger charge is -2.20. The molecule has 1 aromatic carbocycles. The molecule has 4 amide bonds. The van der Waals surface area contributed by atoms with Gasteiger partial charge in [0.2, 0.25) is 11.8 Å². The molecule has 10 heteroatoms. The first-order chi connectivity index (χ1) is 16.4. The summed E-state index contributed by atoms with van der Waals surface area (Å²) in [6.45, 7) is 1.08. The Labute approximate surface area is 196 Å².